The second-order valence-electron chi connectivity index (χ2n) is 14.1. The maximum atomic E-state index is 9.23. The lowest BCUT2D eigenvalue weighted by Crippen LogP contribution is -2.09. The molecular weight excluding hydrogens is 693 g/mol. The second-order valence-corrected chi connectivity index (χ2v) is 14.1. The SMILES string of the molecule is N#Cc1ccc(-c2ccc(N(c3ccccc3)c3ccc(-c4ccc5ccc6ccc7nc(-c8ccccc8)c(-c8ccccc8)nc7c6c5c4)cc3)cc2)cc1. The Morgan fingerprint density at radius 2 is 0.842 bits per heavy atom. The van der Waals surface area contributed by atoms with E-state index in [9.17, 15) is 5.26 Å². The quantitative estimate of drug-likeness (QED) is 0.153. The van der Waals surface area contributed by atoms with Gasteiger partial charge in [-0.3, -0.25) is 0 Å². The smallest absolute Gasteiger partial charge is 0.0991 e. The van der Waals surface area contributed by atoms with Crippen molar-refractivity contribution in [3.63, 3.8) is 0 Å². The lowest BCUT2D eigenvalue weighted by atomic mass is 9.95. The van der Waals surface area contributed by atoms with Crippen LogP contribution >= 0.6 is 0 Å². The molecule has 4 heteroatoms. The molecule has 0 unspecified atom stereocenters. The van der Waals surface area contributed by atoms with Crippen LogP contribution < -0.4 is 4.90 Å². The zero-order chi connectivity index (χ0) is 38.1. The van der Waals surface area contributed by atoms with Gasteiger partial charge in [0.2, 0.25) is 0 Å². The molecule has 1 aromatic heterocycles. The Hall–Kier alpha value is -7.87. The summed E-state index contributed by atoms with van der Waals surface area (Å²) in [5.74, 6) is 0. The van der Waals surface area contributed by atoms with Crippen LogP contribution in [0.3, 0.4) is 0 Å². The van der Waals surface area contributed by atoms with Crippen molar-refractivity contribution in [3.05, 3.63) is 212 Å². The first-order chi connectivity index (χ1) is 28.2. The largest absolute Gasteiger partial charge is 0.311 e. The van der Waals surface area contributed by atoms with Crippen LogP contribution in [0.2, 0.25) is 0 Å². The van der Waals surface area contributed by atoms with Gasteiger partial charge in [-0.25, -0.2) is 9.97 Å². The molecule has 0 aliphatic carbocycles. The van der Waals surface area contributed by atoms with Gasteiger partial charge in [-0.15, -0.1) is 0 Å². The Morgan fingerprint density at radius 1 is 0.386 bits per heavy atom. The van der Waals surface area contributed by atoms with E-state index < -0.39 is 0 Å². The zero-order valence-corrected chi connectivity index (χ0v) is 30.9. The normalized spacial score (nSPS) is 11.1. The van der Waals surface area contributed by atoms with Crippen molar-refractivity contribution >= 4 is 49.6 Å². The molecule has 1 heterocycles. The molecule has 0 saturated heterocycles. The zero-order valence-electron chi connectivity index (χ0n) is 30.9. The Kier molecular flexibility index (Phi) is 8.52. The summed E-state index contributed by atoms with van der Waals surface area (Å²) in [6, 6.07) is 73.8. The van der Waals surface area contributed by atoms with Gasteiger partial charge in [0, 0.05) is 33.6 Å². The number of fused-ring (bicyclic) bond motifs is 5. The van der Waals surface area contributed by atoms with Crippen molar-refractivity contribution in [1.82, 2.24) is 9.97 Å². The summed E-state index contributed by atoms with van der Waals surface area (Å²) < 4.78 is 0. The van der Waals surface area contributed by atoms with Gasteiger partial charge in [0.25, 0.3) is 0 Å². The third-order valence-electron chi connectivity index (χ3n) is 10.7. The van der Waals surface area contributed by atoms with E-state index in [0.29, 0.717) is 5.56 Å². The summed E-state index contributed by atoms with van der Waals surface area (Å²) in [6.07, 6.45) is 0. The molecule has 0 spiro atoms. The van der Waals surface area contributed by atoms with Gasteiger partial charge >= 0.3 is 0 Å². The molecule has 4 nitrogen and oxygen atoms in total. The molecule has 266 valence electrons. The molecule has 9 aromatic carbocycles. The second kappa shape index (κ2) is 14.4. The number of benzene rings is 9. The summed E-state index contributed by atoms with van der Waals surface area (Å²) >= 11 is 0. The molecule has 0 bridgehead atoms. The number of anilines is 3. The standard InChI is InChI=1S/C53H34N4/c54-35-36-16-18-37(19-17-36)38-24-29-46(30-25-38)57(45-14-8-3-9-15-45)47-31-26-39(27-32-47)44-23-21-40-20-22-41-28-33-49-53(50(41)48(40)34-44)56-52(43-12-6-2-7-13-43)51(55-49)42-10-4-1-5-11-42/h1-34H. The van der Waals surface area contributed by atoms with Gasteiger partial charge in [-0.1, -0.05) is 146 Å². The van der Waals surface area contributed by atoms with Crippen molar-refractivity contribution in [1.29, 1.82) is 5.26 Å². The van der Waals surface area contributed by atoms with Gasteiger partial charge in [0.05, 0.1) is 34.1 Å². The highest BCUT2D eigenvalue weighted by atomic mass is 15.1. The van der Waals surface area contributed by atoms with Crippen LogP contribution in [0.5, 0.6) is 0 Å². The lowest BCUT2D eigenvalue weighted by molar-refractivity contribution is 1.28. The average Bonchev–Trinajstić information content (AvgIpc) is 3.29. The maximum absolute atomic E-state index is 9.23. The van der Waals surface area contributed by atoms with E-state index in [0.717, 1.165) is 94.4 Å². The van der Waals surface area contributed by atoms with Crippen LogP contribution in [0.4, 0.5) is 17.1 Å². The number of nitrogens with zero attached hydrogens (tertiary/aromatic N) is 4. The fourth-order valence-electron chi connectivity index (χ4n) is 7.80. The van der Waals surface area contributed by atoms with Crippen LogP contribution in [0.15, 0.2) is 206 Å². The molecule has 0 saturated carbocycles. The van der Waals surface area contributed by atoms with Crippen LogP contribution in [0, 0.1) is 11.3 Å². The first kappa shape index (κ1) is 33.7. The monoisotopic (exact) mass is 726 g/mol. The van der Waals surface area contributed by atoms with E-state index >= 15 is 0 Å². The summed E-state index contributed by atoms with van der Waals surface area (Å²) in [5.41, 5.74) is 13.9. The molecule has 57 heavy (non-hydrogen) atoms. The van der Waals surface area contributed by atoms with E-state index in [1.807, 2.05) is 54.6 Å². The van der Waals surface area contributed by atoms with Crippen molar-refractivity contribution < 1.29 is 0 Å². The topological polar surface area (TPSA) is 52.8 Å². The molecule has 10 rings (SSSR count). The molecule has 0 radical (unpaired) electrons. The van der Waals surface area contributed by atoms with E-state index in [1.54, 1.807) is 0 Å². The fourth-order valence-corrected chi connectivity index (χ4v) is 7.80. The minimum absolute atomic E-state index is 0.656. The van der Waals surface area contributed by atoms with Crippen LogP contribution in [-0.2, 0) is 0 Å². The van der Waals surface area contributed by atoms with Gasteiger partial charge in [0.15, 0.2) is 0 Å². The molecule has 0 fully saturated rings. The number of para-hydroxylation sites is 1. The first-order valence-corrected chi connectivity index (χ1v) is 19.0. The van der Waals surface area contributed by atoms with Gasteiger partial charge < -0.3 is 4.90 Å². The van der Waals surface area contributed by atoms with Crippen LogP contribution in [0.25, 0.3) is 77.3 Å². The molecule has 0 aliphatic heterocycles. The highest BCUT2D eigenvalue weighted by molar-refractivity contribution is 6.19. The average molecular weight is 727 g/mol. The minimum Gasteiger partial charge on any atom is -0.311 e. The molecule has 0 atom stereocenters. The Labute approximate surface area is 331 Å². The number of hydrogen-bond acceptors (Lipinski definition) is 4. The third-order valence-corrected chi connectivity index (χ3v) is 10.7. The summed E-state index contributed by atoms with van der Waals surface area (Å²) in [6.45, 7) is 0. The Balaban J connectivity index is 1.06. The van der Waals surface area contributed by atoms with Crippen molar-refractivity contribution in [3.8, 4) is 50.8 Å². The summed E-state index contributed by atoms with van der Waals surface area (Å²) in [4.78, 5) is 13.0. The van der Waals surface area contributed by atoms with E-state index in [-0.39, 0.29) is 0 Å². The van der Waals surface area contributed by atoms with Crippen molar-refractivity contribution in [2.24, 2.45) is 0 Å². The number of nitriles is 1. The van der Waals surface area contributed by atoms with Gasteiger partial charge in [0.1, 0.15) is 0 Å². The molecule has 0 N–H and O–H groups in total. The van der Waals surface area contributed by atoms with Crippen molar-refractivity contribution in [2.45, 2.75) is 0 Å². The third kappa shape index (κ3) is 6.34. The van der Waals surface area contributed by atoms with Gasteiger partial charge in [-0.05, 0) is 99.1 Å². The van der Waals surface area contributed by atoms with E-state index in [1.165, 1.54) is 0 Å². The summed E-state index contributed by atoms with van der Waals surface area (Å²) in [5, 5.41) is 13.8. The molecule has 0 aliphatic rings. The first-order valence-electron chi connectivity index (χ1n) is 19.0. The highest BCUT2D eigenvalue weighted by Gasteiger charge is 2.17. The van der Waals surface area contributed by atoms with Gasteiger partial charge in [-0.2, -0.15) is 5.26 Å². The molecule has 10 aromatic rings. The van der Waals surface area contributed by atoms with Crippen molar-refractivity contribution in [2.75, 3.05) is 4.90 Å². The molecule has 0 amide bonds. The lowest BCUT2D eigenvalue weighted by Gasteiger charge is -2.26. The molecular formula is C53H34N4. The highest BCUT2D eigenvalue weighted by Crippen LogP contribution is 2.39. The van der Waals surface area contributed by atoms with E-state index in [4.69, 9.17) is 9.97 Å². The summed E-state index contributed by atoms with van der Waals surface area (Å²) in [7, 11) is 0. The maximum Gasteiger partial charge on any atom is 0.0991 e. The number of hydrogen-bond donors (Lipinski definition) is 0. The van der Waals surface area contributed by atoms with E-state index in [2.05, 4.69) is 163 Å². The predicted molar refractivity (Wildman–Crippen MR) is 236 cm³/mol. The fraction of sp³-hybridized carbons (Fsp3) is 0. The van der Waals surface area contributed by atoms with Crippen LogP contribution in [-0.4, -0.2) is 9.97 Å². The minimum atomic E-state index is 0.656. The predicted octanol–water partition coefficient (Wildman–Crippen LogP) is 13.9. The van der Waals surface area contributed by atoms with Crippen LogP contribution in [0.1, 0.15) is 5.56 Å². The Bertz CT molecular complexity index is 3080. The Morgan fingerprint density at radius 3 is 1.44 bits per heavy atom. The number of aromatic nitrogens is 2. The number of rotatable bonds is 7.